The van der Waals surface area contributed by atoms with Crippen LogP contribution in [0.3, 0.4) is 0 Å². The van der Waals surface area contributed by atoms with Crippen molar-refractivity contribution < 1.29 is 4.42 Å². The summed E-state index contributed by atoms with van der Waals surface area (Å²) in [6.07, 6.45) is 0. The molecule has 14 rings (SSSR count). The highest BCUT2D eigenvalue weighted by Crippen LogP contribution is 2.36. The Hall–Kier alpha value is -8.78. The summed E-state index contributed by atoms with van der Waals surface area (Å²) in [7, 11) is -2.92. The second kappa shape index (κ2) is 14.6. The zero-order valence-corrected chi connectivity index (χ0v) is 37.2. The third-order valence-corrected chi connectivity index (χ3v) is 18.6. The Morgan fingerprint density at radius 2 is 0.836 bits per heavy atom. The lowest BCUT2D eigenvalue weighted by atomic mass is 10.1. The van der Waals surface area contributed by atoms with E-state index >= 15 is 0 Å². The van der Waals surface area contributed by atoms with Gasteiger partial charge in [-0.15, -0.1) is 0 Å². The number of nitrogens with zero attached hydrogens (tertiary/aromatic N) is 5. The minimum atomic E-state index is -2.92. The van der Waals surface area contributed by atoms with Gasteiger partial charge in [-0.25, -0.2) is 9.97 Å². The first-order chi connectivity index (χ1) is 33.2. The van der Waals surface area contributed by atoms with Crippen LogP contribution in [0.15, 0.2) is 241 Å². The van der Waals surface area contributed by atoms with Gasteiger partial charge in [-0.05, 0) is 92.5 Å². The van der Waals surface area contributed by atoms with Crippen LogP contribution in [0.2, 0.25) is 0 Å². The van der Waals surface area contributed by atoms with Gasteiger partial charge in [-0.1, -0.05) is 176 Å². The van der Waals surface area contributed by atoms with E-state index in [9.17, 15) is 0 Å². The van der Waals surface area contributed by atoms with Crippen LogP contribution in [0.1, 0.15) is 0 Å². The van der Waals surface area contributed by atoms with Crippen LogP contribution in [0.5, 0.6) is 0 Å². The minimum Gasteiger partial charge on any atom is -0.456 e. The standard InChI is InChI=1S/C60H39N5OSi/c1-3-17-42(18-4-1)67(43-19-5-2-6-20-43,45-35-36-57-49(39-45)48-23-9-16-30-56(48)66-57)44-33-31-40(32-34-44)41-37-58(63-51-25-11-7-21-46(51)47-22-8-12-26-52(47)63)62-59(38-41)65-55-29-15-14-28-54(55)64-53-27-13-10-24-50(53)61-60(64)65/h1-39H. The molecule has 0 unspecified atom stereocenters. The molecule has 0 bridgehead atoms. The third kappa shape index (κ3) is 5.55. The highest BCUT2D eigenvalue weighted by Gasteiger charge is 2.41. The van der Waals surface area contributed by atoms with E-state index in [4.69, 9.17) is 14.4 Å². The van der Waals surface area contributed by atoms with Crippen molar-refractivity contribution >= 4 is 100 Å². The maximum atomic E-state index is 6.39. The Bertz CT molecular complexity index is 4130. The maximum absolute atomic E-state index is 6.39. The van der Waals surface area contributed by atoms with Crippen molar-refractivity contribution in [1.29, 1.82) is 0 Å². The minimum absolute atomic E-state index is 0.790. The predicted molar refractivity (Wildman–Crippen MR) is 278 cm³/mol. The van der Waals surface area contributed by atoms with Crippen LogP contribution in [0, 0.1) is 0 Å². The van der Waals surface area contributed by atoms with Gasteiger partial charge >= 0.3 is 0 Å². The molecule has 0 saturated carbocycles. The van der Waals surface area contributed by atoms with Gasteiger partial charge in [0.05, 0.1) is 33.1 Å². The van der Waals surface area contributed by atoms with Gasteiger partial charge in [0.1, 0.15) is 22.8 Å². The number of hydrogen-bond donors (Lipinski definition) is 0. The highest BCUT2D eigenvalue weighted by atomic mass is 28.3. The van der Waals surface area contributed by atoms with E-state index in [1.807, 2.05) is 6.07 Å². The van der Waals surface area contributed by atoms with E-state index in [-0.39, 0.29) is 0 Å². The molecule has 6 nitrogen and oxygen atoms in total. The molecule has 5 aromatic heterocycles. The largest absolute Gasteiger partial charge is 0.456 e. The normalized spacial score (nSPS) is 12.2. The first-order valence-electron chi connectivity index (χ1n) is 22.7. The monoisotopic (exact) mass is 873 g/mol. The molecule has 67 heavy (non-hydrogen) atoms. The van der Waals surface area contributed by atoms with E-state index in [0.717, 1.165) is 83.6 Å². The molecule has 0 radical (unpaired) electrons. The number of rotatable bonds is 7. The van der Waals surface area contributed by atoms with Gasteiger partial charge in [0, 0.05) is 21.5 Å². The molecule has 0 spiro atoms. The average Bonchev–Trinajstić information content (AvgIpc) is 4.14. The Balaban J connectivity index is 1.02. The fourth-order valence-corrected chi connectivity index (χ4v) is 15.6. The van der Waals surface area contributed by atoms with Crippen molar-refractivity contribution in [3.63, 3.8) is 0 Å². The van der Waals surface area contributed by atoms with Gasteiger partial charge in [0.15, 0.2) is 8.07 Å². The number of imidazole rings is 2. The summed E-state index contributed by atoms with van der Waals surface area (Å²) in [5.41, 5.74) is 10.3. The van der Waals surface area contributed by atoms with E-state index in [2.05, 4.69) is 244 Å². The van der Waals surface area contributed by atoms with E-state index < -0.39 is 8.07 Å². The van der Waals surface area contributed by atoms with Crippen molar-refractivity contribution in [2.24, 2.45) is 0 Å². The lowest BCUT2D eigenvalue weighted by Gasteiger charge is -2.34. The maximum Gasteiger partial charge on any atom is 0.221 e. The molecule has 0 aliphatic rings. The lowest BCUT2D eigenvalue weighted by Crippen LogP contribution is -2.74. The topological polar surface area (TPSA) is 53.2 Å². The molecule has 14 aromatic rings. The SMILES string of the molecule is c1ccc([Si](c2ccccc2)(c2ccc(-c3cc(-n4c5ccccc5c5ccccc54)nc(-n4c5ccccc5n5c6ccccc6nc45)c3)cc2)c2ccc3oc4ccccc4c3c2)cc1. The third-order valence-electron chi connectivity index (χ3n) is 13.8. The number of pyridine rings is 1. The molecule has 0 aliphatic carbocycles. The number of furan rings is 1. The smallest absolute Gasteiger partial charge is 0.221 e. The summed E-state index contributed by atoms with van der Waals surface area (Å²) in [5.74, 6) is 2.44. The Kier molecular flexibility index (Phi) is 8.20. The summed E-state index contributed by atoms with van der Waals surface area (Å²) in [6.45, 7) is 0. The zero-order chi connectivity index (χ0) is 44.1. The van der Waals surface area contributed by atoms with Crippen LogP contribution in [-0.2, 0) is 0 Å². The molecule has 314 valence electrons. The first-order valence-corrected chi connectivity index (χ1v) is 24.7. The molecule has 0 amide bonds. The van der Waals surface area contributed by atoms with Crippen LogP contribution < -0.4 is 20.7 Å². The van der Waals surface area contributed by atoms with Crippen LogP contribution in [0.4, 0.5) is 0 Å². The fraction of sp³-hybridized carbons (Fsp3) is 0. The highest BCUT2D eigenvalue weighted by molar-refractivity contribution is 7.20. The summed E-state index contributed by atoms with van der Waals surface area (Å²) < 4.78 is 13.2. The molecular formula is C60H39N5OSi. The van der Waals surface area contributed by atoms with Crippen LogP contribution in [0.25, 0.3) is 94.4 Å². The second-order valence-electron chi connectivity index (χ2n) is 17.4. The molecule has 9 aromatic carbocycles. The number of aromatic nitrogens is 5. The molecule has 0 saturated heterocycles. The molecule has 0 fully saturated rings. The van der Waals surface area contributed by atoms with E-state index in [1.165, 1.54) is 31.5 Å². The van der Waals surface area contributed by atoms with Gasteiger partial charge in [0.2, 0.25) is 5.78 Å². The van der Waals surface area contributed by atoms with Gasteiger partial charge in [-0.2, -0.15) is 0 Å². The van der Waals surface area contributed by atoms with E-state index in [1.54, 1.807) is 0 Å². The molecule has 5 heterocycles. The number of benzene rings is 9. The van der Waals surface area contributed by atoms with Gasteiger partial charge in [-0.3, -0.25) is 13.5 Å². The Morgan fingerprint density at radius 1 is 0.328 bits per heavy atom. The Morgan fingerprint density at radius 3 is 1.52 bits per heavy atom. The summed E-state index contributed by atoms with van der Waals surface area (Å²) in [6, 6.07) is 85.5. The molecular weight excluding hydrogens is 835 g/mol. The zero-order valence-electron chi connectivity index (χ0n) is 36.2. The van der Waals surface area contributed by atoms with Gasteiger partial charge in [0.25, 0.3) is 0 Å². The van der Waals surface area contributed by atoms with Crippen molar-refractivity contribution in [2.75, 3.05) is 0 Å². The van der Waals surface area contributed by atoms with Crippen molar-refractivity contribution in [3.05, 3.63) is 237 Å². The lowest BCUT2D eigenvalue weighted by molar-refractivity contribution is 0.669. The number of hydrogen-bond acceptors (Lipinski definition) is 3. The summed E-state index contributed by atoms with van der Waals surface area (Å²) in [4.78, 5) is 10.9. The molecule has 7 heteroatoms. The number of fused-ring (bicyclic) bond motifs is 11. The second-order valence-corrected chi connectivity index (χ2v) is 21.2. The fourth-order valence-electron chi connectivity index (χ4n) is 10.9. The molecule has 0 N–H and O–H groups in total. The summed E-state index contributed by atoms with van der Waals surface area (Å²) in [5, 5.41) is 9.86. The quantitative estimate of drug-likeness (QED) is 0.118. The first kappa shape index (κ1) is 37.6. The molecule has 0 aliphatic heterocycles. The predicted octanol–water partition coefficient (Wildman–Crippen LogP) is 11.9. The van der Waals surface area contributed by atoms with E-state index in [0.29, 0.717) is 0 Å². The summed E-state index contributed by atoms with van der Waals surface area (Å²) >= 11 is 0. The molecule has 0 atom stereocenters. The number of para-hydroxylation sites is 7. The van der Waals surface area contributed by atoms with Crippen molar-refractivity contribution in [3.8, 4) is 22.8 Å². The average molecular weight is 874 g/mol. The van der Waals surface area contributed by atoms with Crippen molar-refractivity contribution in [2.45, 2.75) is 0 Å². The van der Waals surface area contributed by atoms with Crippen molar-refractivity contribution in [1.82, 2.24) is 23.5 Å². The van der Waals surface area contributed by atoms with Crippen LogP contribution in [-0.4, -0.2) is 31.6 Å². The van der Waals surface area contributed by atoms with Gasteiger partial charge < -0.3 is 4.42 Å². The Labute approximate surface area is 385 Å². The van der Waals surface area contributed by atoms with Crippen LogP contribution >= 0.6 is 0 Å².